The van der Waals surface area contributed by atoms with Gasteiger partial charge in [-0.3, -0.25) is 0 Å². The second-order valence-electron chi connectivity index (χ2n) is 5.70. The van der Waals surface area contributed by atoms with Crippen LogP contribution >= 0.6 is 11.8 Å². The van der Waals surface area contributed by atoms with Crippen molar-refractivity contribution in [2.24, 2.45) is 0 Å². The highest BCUT2D eigenvalue weighted by atomic mass is 32.2. The third kappa shape index (κ3) is 3.33. The fourth-order valence-corrected chi connectivity index (χ4v) is 4.00. The first kappa shape index (κ1) is 14.7. The summed E-state index contributed by atoms with van der Waals surface area (Å²) in [4.78, 5) is 2.69. The van der Waals surface area contributed by atoms with E-state index >= 15 is 0 Å². The minimum Gasteiger partial charge on any atom is -0.313 e. The maximum Gasteiger partial charge on any atom is 0.0314 e. The van der Waals surface area contributed by atoms with Gasteiger partial charge in [0.1, 0.15) is 0 Å². The predicted molar refractivity (Wildman–Crippen MR) is 91.1 cm³/mol. The molecule has 0 saturated carbocycles. The van der Waals surface area contributed by atoms with Crippen molar-refractivity contribution < 1.29 is 0 Å². The molecule has 2 aromatic rings. The Morgan fingerprint density at radius 2 is 1.71 bits per heavy atom. The molecular formula is C19H23NS. The molecule has 0 aliphatic heterocycles. The lowest BCUT2D eigenvalue weighted by Gasteiger charge is -2.14. The van der Waals surface area contributed by atoms with E-state index in [0.717, 1.165) is 6.42 Å². The van der Waals surface area contributed by atoms with Crippen LogP contribution in [0.5, 0.6) is 0 Å². The molecule has 21 heavy (non-hydrogen) atoms. The van der Waals surface area contributed by atoms with Gasteiger partial charge in [0.2, 0.25) is 0 Å². The van der Waals surface area contributed by atoms with Crippen LogP contribution in [0.25, 0.3) is 0 Å². The summed E-state index contributed by atoms with van der Waals surface area (Å²) in [5, 5.41) is 3.36. The van der Waals surface area contributed by atoms with Crippen LogP contribution in [0.4, 0.5) is 0 Å². The average Bonchev–Trinajstić information content (AvgIpc) is 2.98. The van der Waals surface area contributed by atoms with E-state index in [1.54, 1.807) is 11.1 Å². The van der Waals surface area contributed by atoms with E-state index < -0.39 is 0 Å². The Balaban J connectivity index is 1.73. The van der Waals surface area contributed by atoms with Crippen molar-refractivity contribution in [2.45, 2.75) is 48.4 Å². The molecule has 1 atom stereocenters. The highest BCUT2D eigenvalue weighted by Gasteiger charge is 2.11. The van der Waals surface area contributed by atoms with Crippen LogP contribution in [0.1, 0.15) is 42.5 Å². The molecule has 2 heteroatoms. The number of fused-ring (bicyclic) bond motifs is 1. The first-order valence-corrected chi connectivity index (χ1v) is 8.68. The van der Waals surface area contributed by atoms with E-state index in [1.807, 2.05) is 18.8 Å². The minimum absolute atomic E-state index is 0.462. The number of hydrogen-bond donors (Lipinski definition) is 1. The van der Waals surface area contributed by atoms with Crippen molar-refractivity contribution in [3.8, 4) is 0 Å². The lowest BCUT2D eigenvalue weighted by molar-refractivity contribution is 0.576. The predicted octanol–water partition coefficient (Wildman–Crippen LogP) is 5.00. The molecule has 0 amide bonds. The molecule has 0 fully saturated rings. The Hall–Kier alpha value is -1.25. The van der Waals surface area contributed by atoms with Gasteiger partial charge in [0.25, 0.3) is 0 Å². The summed E-state index contributed by atoms with van der Waals surface area (Å²) in [6.45, 7) is 2.22. The monoisotopic (exact) mass is 297 g/mol. The van der Waals surface area contributed by atoms with Crippen LogP contribution in [0.15, 0.2) is 52.3 Å². The fourth-order valence-electron chi connectivity index (χ4n) is 3.12. The van der Waals surface area contributed by atoms with Crippen LogP contribution in [-0.2, 0) is 12.8 Å². The second-order valence-corrected chi connectivity index (χ2v) is 6.85. The summed E-state index contributed by atoms with van der Waals surface area (Å²) >= 11 is 1.87. The summed E-state index contributed by atoms with van der Waals surface area (Å²) in [5.41, 5.74) is 4.48. The molecule has 1 aliphatic rings. The van der Waals surface area contributed by atoms with Gasteiger partial charge < -0.3 is 5.32 Å². The van der Waals surface area contributed by atoms with Gasteiger partial charge in [0.05, 0.1) is 0 Å². The Kier molecular flexibility index (Phi) is 4.67. The normalized spacial score (nSPS) is 15.0. The summed E-state index contributed by atoms with van der Waals surface area (Å²) < 4.78 is 0. The molecule has 0 bridgehead atoms. The molecule has 1 aliphatic carbocycles. The topological polar surface area (TPSA) is 12.0 Å². The Morgan fingerprint density at radius 1 is 1.00 bits per heavy atom. The molecule has 110 valence electrons. The zero-order valence-electron chi connectivity index (χ0n) is 12.9. The van der Waals surface area contributed by atoms with E-state index in [0.29, 0.717) is 6.04 Å². The zero-order chi connectivity index (χ0) is 14.7. The summed E-state index contributed by atoms with van der Waals surface area (Å²) in [7, 11) is 2.03. The van der Waals surface area contributed by atoms with Crippen LogP contribution < -0.4 is 5.32 Å². The van der Waals surface area contributed by atoms with E-state index in [9.17, 15) is 0 Å². The van der Waals surface area contributed by atoms with E-state index in [-0.39, 0.29) is 0 Å². The maximum atomic E-state index is 3.36. The standard InChI is InChI=1S/C19H23NS/c1-3-19(20-2)15-8-10-17(11-9-15)21-18-12-7-14-5-4-6-16(14)13-18/h7-13,19-20H,3-6H2,1-2H3. The van der Waals surface area contributed by atoms with Crippen LogP contribution in [0.3, 0.4) is 0 Å². The number of aryl methyl sites for hydroxylation is 2. The van der Waals surface area contributed by atoms with Crippen LogP contribution in [0.2, 0.25) is 0 Å². The Morgan fingerprint density at radius 3 is 2.43 bits per heavy atom. The van der Waals surface area contributed by atoms with Crippen molar-refractivity contribution in [3.05, 3.63) is 59.2 Å². The molecular weight excluding hydrogens is 274 g/mol. The second kappa shape index (κ2) is 6.67. The molecule has 1 N–H and O–H groups in total. The maximum absolute atomic E-state index is 3.36. The molecule has 1 nitrogen and oxygen atoms in total. The van der Waals surface area contributed by atoms with Crippen molar-refractivity contribution >= 4 is 11.8 Å². The van der Waals surface area contributed by atoms with Gasteiger partial charge in [-0.1, -0.05) is 36.9 Å². The average molecular weight is 297 g/mol. The van der Waals surface area contributed by atoms with E-state index in [4.69, 9.17) is 0 Å². The molecule has 0 saturated heterocycles. The number of hydrogen-bond acceptors (Lipinski definition) is 2. The van der Waals surface area contributed by atoms with Crippen molar-refractivity contribution in [2.75, 3.05) is 7.05 Å². The zero-order valence-corrected chi connectivity index (χ0v) is 13.7. The van der Waals surface area contributed by atoms with E-state index in [2.05, 4.69) is 54.7 Å². The first-order chi connectivity index (χ1) is 10.3. The Bertz CT molecular complexity index is 599. The molecule has 0 radical (unpaired) electrons. The van der Waals surface area contributed by atoms with E-state index in [1.165, 1.54) is 34.6 Å². The van der Waals surface area contributed by atoms with Crippen LogP contribution in [0, 0.1) is 0 Å². The molecule has 1 unspecified atom stereocenters. The lowest BCUT2D eigenvalue weighted by Crippen LogP contribution is -2.14. The third-order valence-electron chi connectivity index (χ3n) is 4.34. The smallest absolute Gasteiger partial charge is 0.0314 e. The van der Waals surface area contributed by atoms with Gasteiger partial charge in [-0.25, -0.2) is 0 Å². The number of rotatable bonds is 5. The number of nitrogens with one attached hydrogen (secondary N) is 1. The van der Waals surface area contributed by atoms with Crippen molar-refractivity contribution in [1.82, 2.24) is 5.32 Å². The molecule has 0 spiro atoms. The fraction of sp³-hybridized carbons (Fsp3) is 0.368. The quantitative estimate of drug-likeness (QED) is 0.833. The minimum atomic E-state index is 0.462. The van der Waals surface area contributed by atoms with Crippen molar-refractivity contribution in [1.29, 1.82) is 0 Å². The van der Waals surface area contributed by atoms with Gasteiger partial charge in [0, 0.05) is 15.8 Å². The molecule has 2 aromatic carbocycles. The SMILES string of the molecule is CCC(NC)c1ccc(Sc2ccc3c(c2)CCC3)cc1. The van der Waals surface area contributed by atoms with Gasteiger partial charge in [-0.05, 0) is 73.7 Å². The Labute approximate surface area is 132 Å². The number of benzene rings is 2. The lowest BCUT2D eigenvalue weighted by atomic mass is 10.1. The summed E-state index contributed by atoms with van der Waals surface area (Å²) in [6.07, 6.45) is 4.95. The molecule has 0 heterocycles. The third-order valence-corrected chi connectivity index (χ3v) is 5.34. The highest BCUT2D eigenvalue weighted by Crippen LogP contribution is 2.32. The van der Waals surface area contributed by atoms with Gasteiger partial charge in [-0.2, -0.15) is 0 Å². The largest absolute Gasteiger partial charge is 0.313 e. The first-order valence-electron chi connectivity index (χ1n) is 7.87. The van der Waals surface area contributed by atoms with Crippen LogP contribution in [-0.4, -0.2) is 7.05 Å². The van der Waals surface area contributed by atoms with Crippen molar-refractivity contribution in [3.63, 3.8) is 0 Å². The summed E-state index contributed by atoms with van der Waals surface area (Å²) in [6, 6.07) is 16.4. The highest BCUT2D eigenvalue weighted by molar-refractivity contribution is 7.99. The van der Waals surface area contributed by atoms with Gasteiger partial charge in [0.15, 0.2) is 0 Å². The summed E-state index contributed by atoms with van der Waals surface area (Å²) in [5.74, 6) is 0. The van der Waals surface area contributed by atoms with Gasteiger partial charge in [-0.15, -0.1) is 0 Å². The van der Waals surface area contributed by atoms with Gasteiger partial charge >= 0.3 is 0 Å². The molecule has 3 rings (SSSR count). The molecule has 0 aromatic heterocycles.